The van der Waals surface area contributed by atoms with Crippen LogP contribution in [-0.2, 0) is 21.0 Å². The lowest BCUT2D eigenvalue weighted by molar-refractivity contribution is 0.101. The summed E-state index contributed by atoms with van der Waals surface area (Å²) in [6, 6.07) is 1.49. The van der Waals surface area contributed by atoms with Crippen LogP contribution in [0.5, 0.6) is 0 Å². The number of carbonyl (C=O) groups is 1. The van der Waals surface area contributed by atoms with Crippen molar-refractivity contribution in [2.24, 2.45) is 11.1 Å². The normalized spacial score (nSPS) is 21.8. The Kier molecular flexibility index (Phi) is 6.42. The predicted octanol–water partition coefficient (Wildman–Crippen LogP) is 0.467. The summed E-state index contributed by atoms with van der Waals surface area (Å²) >= 11 is 0. The number of nitrogens with zero attached hydrogens (tertiary/aromatic N) is 3. The molecule has 0 aromatic carbocycles. The van der Waals surface area contributed by atoms with E-state index < -0.39 is 22.3 Å². The van der Waals surface area contributed by atoms with Gasteiger partial charge in [-0.2, -0.15) is 8.42 Å². The van der Waals surface area contributed by atoms with Crippen LogP contribution in [0, 0.1) is 5.92 Å². The fraction of sp³-hybridized carbons (Fsp3) is 0.389. The SMILES string of the molecule is C=CCn1ccc(C(=O)c2cncnc2N[C@@H]2C[C@H](COS(N)(=O)=O)[C@@H](O)C2)c1. The van der Waals surface area contributed by atoms with Gasteiger partial charge in [-0.05, 0) is 18.9 Å². The van der Waals surface area contributed by atoms with Crippen molar-refractivity contribution in [3.05, 3.63) is 54.8 Å². The molecule has 29 heavy (non-hydrogen) atoms. The largest absolute Gasteiger partial charge is 0.393 e. The van der Waals surface area contributed by atoms with Crippen molar-refractivity contribution < 1.29 is 22.5 Å². The molecule has 3 rings (SSSR count). The van der Waals surface area contributed by atoms with Gasteiger partial charge in [0.15, 0.2) is 5.78 Å². The fourth-order valence-corrected chi connectivity index (χ4v) is 3.74. The summed E-state index contributed by atoms with van der Waals surface area (Å²) < 4.78 is 28.4. The monoisotopic (exact) mass is 421 g/mol. The summed E-state index contributed by atoms with van der Waals surface area (Å²) in [5, 5.41) is 18.2. The van der Waals surface area contributed by atoms with Crippen LogP contribution in [0.2, 0.25) is 0 Å². The van der Waals surface area contributed by atoms with Crippen molar-refractivity contribution in [2.75, 3.05) is 11.9 Å². The molecule has 1 aliphatic carbocycles. The summed E-state index contributed by atoms with van der Waals surface area (Å²) in [5.41, 5.74) is 0.804. The molecular weight excluding hydrogens is 398 g/mol. The van der Waals surface area contributed by atoms with Crippen LogP contribution in [-0.4, -0.2) is 52.6 Å². The molecule has 0 unspecified atom stereocenters. The summed E-state index contributed by atoms with van der Waals surface area (Å²) in [7, 11) is -4.07. The van der Waals surface area contributed by atoms with Crippen molar-refractivity contribution in [3.63, 3.8) is 0 Å². The number of rotatable bonds is 9. The number of ketones is 1. The number of hydrogen-bond acceptors (Lipinski definition) is 8. The third kappa shape index (κ3) is 5.48. The second-order valence-electron chi connectivity index (χ2n) is 6.92. The van der Waals surface area contributed by atoms with Gasteiger partial charge in [0.05, 0.1) is 18.3 Å². The van der Waals surface area contributed by atoms with Crippen molar-refractivity contribution in [3.8, 4) is 0 Å². The Morgan fingerprint density at radius 1 is 1.48 bits per heavy atom. The van der Waals surface area contributed by atoms with Gasteiger partial charge in [0, 0.05) is 42.7 Å². The lowest BCUT2D eigenvalue weighted by atomic mass is 10.1. The van der Waals surface area contributed by atoms with Gasteiger partial charge in [0.1, 0.15) is 12.1 Å². The minimum Gasteiger partial charge on any atom is -0.393 e. The van der Waals surface area contributed by atoms with Crippen molar-refractivity contribution >= 4 is 21.9 Å². The van der Waals surface area contributed by atoms with E-state index in [-0.39, 0.29) is 18.4 Å². The summed E-state index contributed by atoms with van der Waals surface area (Å²) in [6.07, 6.45) is 8.04. The van der Waals surface area contributed by atoms with Crippen LogP contribution in [0.1, 0.15) is 28.8 Å². The van der Waals surface area contributed by atoms with Crippen LogP contribution in [0.15, 0.2) is 43.6 Å². The van der Waals surface area contributed by atoms with Crippen molar-refractivity contribution in [1.29, 1.82) is 0 Å². The molecule has 3 atom stereocenters. The zero-order valence-corrected chi connectivity index (χ0v) is 16.5. The molecule has 0 radical (unpaired) electrons. The molecule has 10 nitrogen and oxygen atoms in total. The molecule has 0 amide bonds. The van der Waals surface area contributed by atoms with Gasteiger partial charge in [0.25, 0.3) is 0 Å². The number of allylic oxidation sites excluding steroid dienone is 1. The van der Waals surface area contributed by atoms with Crippen LogP contribution in [0.4, 0.5) is 5.82 Å². The third-order valence-corrected chi connectivity index (χ3v) is 5.22. The molecule has 1 saturated carbocycles. The maximum absolute atomic E-state index is 12.9. The molecule has 2 heterocycles. The van der Waals surface area contributed by atoms with Gasteiger partial charge in [-0.15, -0.1) is 6.58 Å². The Balaban J connectivity index is 1.71. The molecule has 0 bridgehead atoms. The number of anilines is 1. The zero-order chi connectivity index (χ0) is 21.0. The number of aliphatic hydroxyl groups excluding tert-OH is 1. The van der Waals surface area contributed by atoms with Crippen molar-refractivity contribution in [1.82, 2.24) is 14.5 Å². The molecule has 4 N–H and O–H groups in total. The van der Waals surface area contributed by atoms with E-state index in [1.165, 1.54) is 12.5 Å². The Hall–Kier alpha value is -2.60. The van der Waals surface area contributed by atoms with Gasteiger partial charge in [-0.3, -0.25) is 8.98 Å². The lowest BCUT2D eigenvalue weighted by Crippen LogP contribution is -2.24. The zero-order valence-electron chi connectivity index (χ0n) is 15.6. The smallest absolute Gasteiger partial charge is 0.333 e. The van der Waals surface area contributed by atoms with Gasteiger partial charge < -0.3 is 15.0 Å². The minimum absolute atomic E-state index is 0.204. The lowest BCUT2D eigenvalue weighted by Gasteiger charge is -2.15. The standard InChI is InChI=1S/C18H23N5O5S/c1-2-4-23-5-3-12(9-23)17(25)15-8-20-11-21-18(15)22-14-6-13(16(24)7-14)10-28-29(19,26)27/h2-3,5,8-9,11,13-14,16,24H,1,4,6-7,10H2,(H2,19,26,27)(H,20,21,22)/t13-,14-,16+/m1/s1. The van der Waals surface area contributed by atoms with Gasteiger partial charge in [-0.1, -0.05) is 6.08 Å². The first-order chi connectivity index (χ1) is 13.8. The first-order valence-electron chi connectivity index (χ1n) is 9.00. The van der Waals surface area contributed by atoms with E-state index in [9.17, 15) is 18.3 Å². The first-order valence-corrected chi connectivity index (χ1v) is 10.5. The van der Waals surface area contributed by atoms with Gasteiger partial charge >= 0.3 is 10.3 Å². The number of carbonyl (C=O) groups excluding carboxylic acids is 1. The van der Waals surface area contributed by atoms with Crippen LogP contribution in [0.3, 0.4) is 0 Å². The molecular formula is C18H23N5O5S. The first kappa shape index (κ1) is 21.1. The second kappa shape index (κ2) is 8.82. The van der Waals surface area contributed by atoms with Gasteiger partial charge in [-0.25, -0.2) is 15.1 Å². The summed E-state index contributed by atoms with van der Waals surface area (Å²) in [6.45, 7) is 4.06. The quantitative estimate of drug-likeness (QED) is 0.391. The Labute approximate surface area is 168 Å². The number of hydrogen-bond donors (Lipinski definition) is 3. The molecule has 0 aliphatic heterocycles. The molecule has 0 spiro atoms. The molecule has 1 fully saturated rings. The number of nitrogens with two attached hydrogens (primary N) is 1. The van der Waals surface area contributed by atoms with E-state index >= 15 is 0 Å². The van der Waals surface area contributed by atoms with Gasteiger partial charge in [0.2, 0.25) is 0 Å². The number of aliphatic hydroxyl groups is 1. The summed E-state index contributed by atoms with van der Waals surface area (Å²) in [5.74, 6) is -0.282. The van der Waals surface area contributed by atoms with Crippen LogP contribution in [0.25, 0.3) is 0 Å². The van der Waals surface area contributed by atoms with Crippen LogP contribution >= 0.6 is 0 Å². The van der Waals surface area contributed by atoms with Crippen molar-refractivity contribution in [2.45, 2.75) is 31.5 Å². The molecule has 2 aromatic rings. The predicted molar refractivity (Wildman–Crippen MR) is 105 cm³/mol. The topological polar surface area (TPSA) is 149 Å². The second-order valence-corrected chi connectivity index (χ2v) is 8.14. The maximum Gasteiger partial charge on any atom is 0.333 e. The summed E-state index contributed by atoms with van der Waals surface area (Å²) in [4.78, 5) is 21.0. The third-order valence-electron chi connectivity index (χ3n) is 4.75. The maximum atomic E-state index is 12.9. The average molecular weight is 421 g/mol. The highest BCUT2D eigenvalue weighted by molar-refractivity contribution is 7.84. The van der Waals surface area contributed by atoms with E-state index in [4.69, 9.17) is 5.14 Å². The molecule has 156 valence electrons. The van der Waals surface area contributed by atoms with E-state index in [1.54, 1.807) is 24.5 Å². The molecule has 11 heteroatoms. The number of aromatic nitrogens is 3. The molecule has 2 aromatic heterocycles. The molecule has 0 saturated heterocycles. The Bertz CT molecular complexity index is 990. The minimum atomic E-state index is -4.07. The fourth-order valence-electron chi connectivity index (χ4n) is 3.38. The highest BCUT2D eigenvalue weighted by atomic mass is 32.2. The molecule has 1 aliphatic rings. The van der Waals surface area contributed by atoms with E-state index in [1.807, 2.05) is 4.57 Å². The van der Waals surface area contributed by atoms with E-state index in [2.05, 4.69) is 26.0 Å². The Morgan fingerprint density at radius 3 is 3.00 bits per heavy atom. The van der Waals surface area contributed by atoms with E-state index in [0.29, 0.717) is 36.3 Å². The number of nitrogens with one attached hydrogen (secondary N) is 1. The van der Waals surface area contributed by atoms with Crippen LogP contribution < -0.4 is 10.5 Å². The highest BCUT2D eigenvalue weighted by Gasteiger charge is 2.34. The highest BCUT2D eigenvalue weighted by Crippen LogP contribution is 2.30. The average Bonchev–Trinajstić information content (AvgIpc) is 3.26. The Morgan fingerprint density at radius 2 is 2.28 bits per heavy atom. The van der Waals surface area contributed by atoms with E-state index in [0.717, 1.165) is 0 Å².